The van der Waals surface area contributed by atoms with Crippen molar-refractivity contribution in [1.82, 2.24) is 10.2 Å². The monoisotopic (exact) mass is 215 g/mol. The van der Waals surface area contributed by atoms with Crippen LogP contribution in [0.15, 0.2) is 0 Å². The fourth-order valence-corrected chi connectivity index (χ4v) is 1.61. The van der Waals surface area contributed by atoms with Crippen LogP contribution in [0.5, 0.6) is 0 Å². The highest BCUT2D eigenvalue weighted by molar-refractivity contribution is 5.80. The lowest BCUT2D eigenvalue weighted by Crippen LogP contribution is -2.49. The summed E-state index contributed by atoms with van der Waals surface area (Å²) in [5.41, 5.74) is 5.32. The van der Waals surface area contributed by atoms with E-state index in [0.717, 1.165) is 19.4 Å². The summed E-state index contributed by atoms with van der Waals surface area (Å²) in [4.78, 5) is 13.3. The molecule has 0 rings (SSSR count). The molecule has 0 heterocycles. The minimum atomic E-state index is -0.271. The van der Waals surface area contributed by atoms with Gasteiger partial charge < -0.3 is 16.0 Å². The van der Waals surface area contributed by atoms with Crippen molar-refractivity contribution in [2.24, 2.45) is 5.73 Å². The van der Waals surface area contributed by atoms with E-state index in [1.165, 1.54) is 0 Å². The maximum absolute atomic E-state index is 11.1. The maximum atomic E-state index is 11.1. The summed E-state index contributed by atoms with van der Waals surface area (Å²) in [6.45, 7) is 7.77. The number of carbonyl (C=O) groups is 1. The number of nitrogens with one attached hydrogen (secondary N) is 1. The lowest BCUT2D eigenvalue weighted by Gasteiger charge is -2.27. The maximum Gasteiger partial charge on any atom is 0.235 e. The Hall–Kier alpha value is -0.610. The van der Waals surface area contributed by atoms with E-state index in [-0.39, 0.29) is 11.9 Å². The summed E-state index contributed by atoms with van der Waals surface area (Å²) in [5.74, 6) is -0.271. The van der Waals surface area contributed by atoms with Gasteiger partial charge in [0.2, 0.25) is 5.91 Å². The van der Waals surface area contributed by atoms with Gasteiger partial charge in [-0.05, 0) is 26.9 Å². The molecule has 0 aliphatic rings. The third-order valence-electron chi connectivity index (χ3n) is 2.72. The fraction of sp³-hybridized carbons (Fsp3) is 0.909. The van der Waals surface area contributed by atoms with Crippen molar-refractivity contribution in [2.75, 3.05) is 20.1 Å². The van der Waals surface area contributed by atoms with E-state index in [4.69, 9.17) is 5.73 Å². The fourth-order valence-electron chi connectivity index (χ4n) is 1.61. The molecule has 0 saturated heterocycles. The molecule has 0 saturated carbocycles. The third kappa shape index (κ3) is 5.74. The first-order valence-corrected chi connectivity index (χ1v) is 5.75. The number of rotatable bonds is 8. The number of nitrogens with zero attached hydrogens (tertiary/aromatic N) is 1. The highest BCUT2D eigenvalue weighted by Crippen LogP contribution is 2.04. The Bertz CT molecular complexity index is 185. The van der Waals surface area contributed by atoms with Crippen molar-refractivity contribution in [2.45, 2.75) is 45.7 Å². The summed E-state index contributed by atoms with van der Waals surface area (Å²) in [6, 6.07) is 0.259. The zero-order valence-electron chi connectivity index (χ0n) is 10.4. The van der Waals surface area contributed by atoms with Gasteiger partial charge in [-0.15, -0.1) is 0 Å². The molecule has 4 nitrogen and oxygen atoms in total. The van der Waals surface area contributed by atoms with E-state index in [0.29, 0.717) is 12.6 Å². The van der Waals surface area contributed by atoms with E-state index in [1.54, 1.807) is 0 Å². The van der Waals surface area contributed by atoms with E-state index in [1.807, 2.05) is 14.0 Å². The first-order valence-electron chi connectivity index (χ1n) is 5.75. The first-order chi connectivity index (χ1) is 7.02. The van der Waals surface area contributed by atoms with Crippen LogP contribution in [0, 0.1) is 0 Å². The van der Waals surface area contributed by atoms with Crippen molar-refractivity contribution < 1.29 is 4.79 Å². The predicted octanol–water partition coefficient (Wildman–Crippen LogP) is 0.570. The molecule has 2 atom stereocenters. The molecule has 0 aromatic heterocycles. The molecular weight excluding hydrogens is 190 g/mol. The van der Waals surface area contributed by atoms with E-state index < -0.39 is 0 Å². The highest BCUT2D eigenvalue weighted by atomic mass is 16.1. The smallest absolute Gasteiger partial charge is 0.235 e. The highest BCUT2D eigenvalue weighted by Gasteiger charge is 2.18. The van der Waals surface area contributed by atoms with Crippen molar-refractivity contribution >= 4 is 5.91 Å². The average Bonchev–Trinajstić information content (AvgIpc) is 2.17. The van der Waals surface area contributed by atoms with Gasteiger partial charge in [-0.2, -0.15) is 0 Å². The van der Waals surface area contributed by atoms with Crippen LogP contribution in [-0.4, -0.2) is 43.0 Å². The van der Waals surface area contributed by atoms with E-state index in [9.17, 15) is 4.79 Å². The van der Waals surface area contributed by atoms with Gasteiger partial charge in [0.25, 0.3) is 0 Å². The molecule has 15 heavy (non-hydrogen) atoms. The summed E-state index contributed by atoms with van der Waals surface area (Å²) in [5, 5.41) is 3.09. The number of carbonyl (C=O) groups excluding carboxylic acids is 1. The van der Waals surface area contributed by atoms with Crippen LogP contribution in [0.3, 0.4) is 0 Å². The Labute approximate surface area is 93.2 Å². The predicted molar refractivity (Wildman–Crippen MR) is 63.7 cm³/mol. The largest absolute Gasteiger partial charge is 0.368 e. The van der Waals surface area contributed by atoms with Gasteiger partial charge in [0.05, 0.1) is 6.04 Å². The summed E-state index contributed by atoms with van der Waals surface area (Å²) in [6.07, 6.45) is 2.31. The van der Waals surface area contributed by atoms with Crippen LogP contribution >= 0.6 is 0 Å². The number of primary amides is 1. The van der Waals surface area contributed by atoms with Crippen LogP contribution < -0.4 is 11.1 Å². The average molecular weight is 215 g/mol. The molecule has 4 heteroatoms. The van der Waals surface area contributed by atoms with Crippen LogP contribution in [0.2, 0.25) is 0 Å². The van der Waals surface area contributed by atoms with Crippen LogP contribution in [0.4, 0.5) is 0 Å². The van der Waals surface area contributed by atoms with Gasteiger partial charge >= 0.3 is 0 Å². The summed E-state index contributed by atoms with van der Waals surface area (Å²) in [7, 11) is 2.04. The Balaban J connectivity index is 4.09. The molecule has 0 aliphatic heterocycles. The lowest BCUT2D eigenvalue weighted by atomic mass is 10.1. The van der Waals surface area contributed by atoms with E-state index in [2.05, 4.69) is 24.1 Å². The third-order valence-corrected chi connectivity index (χ3v) is 2.72. The van der Waals surface area contributed by atoms with Gasteiger partial charge in [0, 0.05) is 12.6 Å². The van der Waals surface area contributed by atoms with Crippen molar-refractivity contribution in [1.29, 1.82) is 0 Å². The van der Waals surface area contributed by atoms with Crippen LogP contribution in [0.1, 0.15) is 33.6 Å². The van der Waals surface area contributed by atoms with Gasteiger partial charge in [-0.25, -0.2) is 0 Å². The van der Waals surface area contributed by atoms with Gasteiger partial charge in [-0.1, -0.05) is 20.3 Å². The molecule has 0 aromatic carbocycles. The molecule has 0 radical (unpaired) electrons. The van der Waals surface area contributed by atoms with E-state index >= 15 is 0 Å². The van der Waals surface area contributed by atoms with Crippen LogP contribution in [-0.2, 0) is 4.79 Å². The second-order valence-corrected chi connectivity index (χ2v) is 4.09. The standard InChI is InChI=1S/C11H25N3O/c1-5-7-9(3)14(4)8-10(11(12)15)13-6-2/h9-10,13H,5-8H2,1-4H3,(H2,12,15). The quantitative estimate of drug-likeness (QED) is 0.622. The van der Waals surface area contributed by atoms with Gasteiger partial charge in [-0.3, -0.25) is 4.79 Å². The Morgan fingerprint density at radius 2 is 2.07 bits per heavy atom. The lowest BCUT2D eigenvalue weighted by molar-refractivity contribution is -0.120. The van der Waals surface area contributed by atoms with Crippen molar-refractivity contribution in [3.8, 4) is 0 Å². The molecular formula is C11H25N3O. The number of hydrogen-bond acceptors (Lipinski definition) is 3. The molecule has 0 spiro atoms. The first kappa shape index (κ1) is 14.4. The number of nitrogens with two attached hydrogens (primary N) is 1. The number of amides is 1. The number of hydrogen-bond donors (Lipinski definition) is 2. The summed E-state index contributed by atoms with van der Waals surface area (Å²) >= 11 is 0. The van der Waals surface area contributed by atoms with Crippen molar-refractivity contribution in [3.63, 3.8) is 0 Å². The molecule has 2 unspecified atom stereocenters. The molecule has 90 valence electrons. The second kappa shape index (κ2) is 7.65. The summed E-state index contributed by atoms with van der Waals surface area (Å²) < 4.78 is 0. The zero-order chi connectivity index (χ0) is 11.8. The Kier molecular flexibility index (Phi) is 7.34. The molecule has 0 fully saturated rings. The molecule has 1 amide bonds. The Morgan fingerprint density at radius 1 is 1.47 bits per heavy atom. The molecule has 0 aliphatic carbocycles. The van der Waals surface area contributed by atoms with Crippen LogP contribution in [0.25, 0.3) is 0 Å². The minimum absolute atomic E-state index is 0.237. The molecule has 3 N–H and O–H groups in total. The topological polar surface area (TPSA) is 58.4 Å². The zero-order valence-corrected chi connectivity index (χ0v) is 10.4. The molecule has 0 aromatic rings. The van der Waals surface area contributed by atoms with Crippen molar-refractivity contribution in [3.05, 3.63) is 0 Å². The Morgan fingerprint density at radius 3 is 2.47 bits per heavy atom. The number of likely N-dealkylation sites (N-methyl/N-ethyl adjacent to an activating group) is 2. The normalized spacial score (nSPS) is 15.3. The minimum Gasteiger partial charge on any atom is -0.368 e. The van der Waals surface area contributed by atoms with Gasteiger partial charge in [0.15, 0.2) is 0 Å². The van der Waals surface area contributed by atoms with Gasteiger partial charge in [0.1, 0.15) is 0 Å². The SMILES string of the molecule is CCCC(C)N(C)CC(NCC)C(N)=O. The molecule has 0 bridgehead atoms. The second-order valence-electron chi connectivity index (χ2n) is 4.09.